The molecule has 0 bridgehead atoms. The van der Waals surface area contributed by atoms with Gasteiger partial charge in [0.2, 0.25) is 0 Å². The van der Waals surface area contributed by atoms with Gasteiger partial charge in [-0.05, 0) is 59.4 Å². The van der Waals surface area contributed by atoms with Gasteiger partial charge in [-0.2, -0.15) is 0 Å². The minimum Gasteiger partial charge on any atom is -0.0837 e. The van der Waals surface area contributed by atoms with Crippen molar-refractivity contribution >= 4 is 11.6 Å². The normalized spacial score (nSPS) is 12.0. The zero-order valence-corrected chi connectivity index (χ0v) is 13.9. The second kappa shape index (κ2) is 5.65. The SMILES string of the molecule is Cc1c(C)c(C(C)C)c(C(C)C)c(Cl)c1C(C)C. The highest BCUT2D eigenvalue weighted by Crippen LogP contribution is 2.41. The number of benzene rings is 1. The summed E-state index contributed by atoms with van der Waals surface area (Å²) in [5.74, 6) is 1.49. The fourth-order valence-corrected chi connectivity index (χ4v) is 3.71. The maximum Gasteiger partial charge on any atom is 0.0480 e. The van der Waals surface area contributed by atoms with E-state index in [0.717, 1.165) is 5.02 Å². The minimum atomic E-state index is 0.478. The summed E-state index contributed by atoms with van der Waals surface area (Å²) < 4.78 is 0. The van der Waals surface area contributed by atoms with Gasteiger partial charge in [-0.25, -0.2) is 0 Å². The molecule has 0 nitrogen and oxygen atoms in total. The molecule has 0 aliphatic rings. The summed E-state index contributed by atoms with van der Waals surface area (Å²) in [4.78, 5) is 0. The summed E-state index contributed by atoms with van der Waals surface area (Å²) >= 11 is 6.73. The highest BCUT2D eigenvalue weighted by Gasteiger charge is 2.23. The van der Waals surface area contributed by atoms with Crippen LogP contribution in [0.25, 0.3) is 0 Å². The van der Waals surface area contributed by atoms with E-state index in [0.29, 0.717) is 17.8 Å². The third kappa shape index (κ3) is 2.59. The minimum absolute atomic E-state index is 0.478. The van der Waals surface area contributed by atoms with E-state index in [2.05, 4.69) is 55.4 Å². The van der Waals surface area contributed by atoms with E-state index in [4.69, 9.17) is 11.6 Å². The predicted molar refractivity (Wildman–Crippen MR) is 83.2 cm³/mol. The van der Waals surface area contributed by atoms with Crippen molar-refractivity contribution in [1.82, 2.24) is 0 Å². The summed E-state index contributed by atoms with van der Waals surface area (Å²) in [6, 6.07) is 0. The van der Waals surface area contributed by atoms with Crippen molar-refractivity contribution in [1.29, 1.82) is 0 Å². The standard InChI is InChI=1S/C17H27Cl/c1-9(2)14-12(7)13(8)15(10(3)4)17(18)16(14)11(5)6/h9-11H,1-8H3. The van der Waals surface area contributed by atoms with Crippen molar-refractivity contribution in [3.63, 3.8) is 0 Å². The molecule has 0 saturated heterocycles. The molecule has 0 aliphatic carbocycles. The molecule has 0 unspecified atom stereocenters. The summed E-state index contributed by atoms with van der Waals surface area (Å²) in [6.07, 6.45) is 0. The van der Waals surface area contributed by atoms with Crippen LogP contribution < -0.4 is 0 Å². The lowest BCUT2D eigenvalue weighted by Gasteiger charge is -2.26. The van der Waals surface area contributed by atoms with Crippen molar-refractivity contribution in [2.45, 2.75) is 73.1 Å². The maximum absolute atomic E-state index is 6.73. The second-order valence-electron chi connectivity index (χ2n) is 6.27. The zero-order valence-electron chi connectivity index (χ0n) is 13.1. The maximum atomic E-state index is 6.73. The van der Waals surface area contributed by atoms with Gasteiger partial charge in [-0.15, -0.1) is 0 Å². The van der Waals surface area contributed by atoms with Gasteiger partial charge in [0.1, 0.15) is 0 Å². The highest BCUT2D eigenvalue weighted by molar-refractivity contribution is 6.32. The molecule has 102 valence electrons. The Morgan fingerprint density at radius 2 is 0.944 bits per heavy atom. The Hall–Kier alpha value is -0.490. The molecule has 0 radical (unpaired) electrons. The molecular weight excluding hydrogens is 240 g/mol. The average Bonchev–Trinajstić information content (AvgIpc) is 2.21. The zero-order chi connectivity index (χ0) is 14.2. The molecule has 0 amide bonds. The smallest absolute Gasteiger partial charge is 0.0480 e. The summed E-state index contributed by atoms with van der Waals surface area (Å²) in [5.41, 5.74) is 6.96. The van der Waals surface area contributed by atoms with E-state index < -0.39 is 0 Å². The molecular formula is C17H27Cl. The molecule has 1 rings (SSSR count). The van der Waals surface area contributed by atoms with Gasteiger partial charge in [0.05, 0.1) is 0 Å². The lowest BCUT2D eigenvalue weighted by Crippen LogP contribution is -2.09. The van der Waals surface area contributed by atoms with Crippen molar-refractivity contribution in [2.75, 3.05) is 0 Å². The van der Waals surface area contributed by atoms with Crippen LogP contribution in [-0.4, -0.2) is 0 Å². The van der Waals surface area contributed by atoms with Crippen LogP contribution in [0.15, 0.2) is 0 Å². The Morgan fingerprint density at radius 3 is 1.28 bits per heavy atom. The van der Waals surface area contributed by atoms with Gasteiger partial charge in [-0.3, -0.25) is 0 Å². The molecule has 0 N–H and O–H groups in total. The second-order valence-corrected chi connectivity index (χ2v) is 6.65. The summed E-state index contributed by atoms with van der Waals surface area (Å²) in [7, 11) is 0. The first kappa shape index (κ1) is 15.6. The van der Waals surface area contributed by atoms with Crippen molar-refractivity contribution in [3.05, 3.63) is 32.8 Å². The largest absolute Gasteiger partial charge is 0.0837 e. The Kier molecular flexibility index (Phi) is 4.89. The van der Waals surface area contributed by atoms with Gasteiger partial charge in [0.25, 0.3) is 0 Å². The fraction of sp³-hybridized carbons (Fsp3) is 0.647. The van der Waals surface area contributed by atoms with Crippen LogP contribution in [0.4, 0.5) is 0 Å². The van der Waals surface area contributed by atoms with Crippen molar-refractivity contribution < 1.29 is 0 Å². The number of halogens is 1. The lowest BCUT2D eigenvalue weighted by molar-refractivity contribution is 0.765. The predicted octanol–water partition coefficient (Wildman–Crippen LogP) is 6.33. The quantitative estimate of drug-likeness (QED) is 0.600. The monoisotopic (exact) mass is 266 g/mol. The third-order valence-electron chi connectivity index (χ3n) is 3.87. The van der Waals surface area contributed by atoms with E-state index in [1.54, 1.807) is 0 Å². The summed E-state index contributed by atoms with van der Waals surface area (Å²) in [5, 5.41) is 1.01. The van der Waals surface area contributed by atoms with Crippen molar-refractivity contribution in [2.24, 2.45) is 0 Å². The van der Waals surface area contributed by atoms with Gasteiger partial charge < -0.3 is 0 Å². The van der Waals surface area contributed by atoms with Crippen LogP contribution in [-0.2, 0) is 0 Å². The van der Waals surface area contributed by atoms with Crippen molar-refractivity contribution in [3.8, 4) is 0 Å². The van der Waals surface area contributed by atoms with Crippen LogP contribution >= 0.6 is 11.6 Å². The Morgan fingerprint density at radius 1 is 0.611 bits per heavy atom. The number of hydrogen-bond donors (Lipinski definition) is 0. The molecule has 0 atom stereocenters. The van der Waals surface area contributed by atoms with E-state index in [1.807, 2.05) is 0 Å². The fourth-order valence-electron chi connectivity index (χ4n) is 3.03. The number of rotatable bonds is 3. The molecule has 1 aromatic carbocycles. The van der Waals surface area contributed by atoms with Crippen LogP contribution in [0.1, 0.15) is 87.1 Å². The molecule has 0 aliphatic heterocycles. The molecule has 0 aromatic heterocycles. The topological polar surface area (TPSA) is 0 Å². The molecule has 1 heteroatoms. The van der Waals surface area contributed by atoms with E-state index in [1.165, 1.54) is 27.8 Å². The van der Waals surface area contributed by atoms with Gasteiger partial charge in [0.15, 0.2) is 0 Å². The Bertz CT molecular complexity index is 440. The molecule has 0 fully saturated rings. The third-order valence-corrected chi connectivity index (χ3v) is 4.27. The Balaban J connectivity index is 3.76. The first-order valence-corrected chi connectivity index (χ1v) is 7.40. The molecule has 18 heavy (non-hydrogen) atoms. The van der Waals surface area contributed by atoms with Gasteiger partial charge in [0, 0.05) is 5.02 Å². The lowest BCUT2D eigenvalue weighted by atomic mass is 9.81. The van der Waals surface area contributed by atoms with Gasteiger partial charge in [-0.1, -0.05) is 53.1 Å². The first-order chi connectivity index (χ1) is 8.20. The van der Waals surface area contributed by atoms with E-state index in [-0.39, 0.29) is 0 Å². The van der Waals surface area contributed by atoms with Crippen LogP contribution in [0.3, 0.4) is 0 Å². The Labute approximate surface area is 118 Å². The van der Waals surface area contributed by atoms with Gasteiger partial charge >= 0.3 is 0 Å². The average molecular weight is 267 g/mol. The molecule has 1 aromatic rings. The molecule has 0 heterocycles. The van der Waals surface area contributed by atoms with Crippen LogP contribution in [0.2, 0.25) is 5.02 Å². The molecule has 0 saturated carbocycles. The van der Waals surface area contributed by atoms with Crippen LogP contribution in [0, 0.1) is 13.8 Å². The summed E-state index contributed by atoms with van der Waals surface area (Å²) in [6.45, 7) is 17.9. The van der Waals surface area contributed by atoms with E-state index in [9.17, 15) is 0 Å². The van der Waals surface area contributed by atoms with Crippen LogP contribution in [0.5, 0.6) is 0 Å². The van der Waals surface area contributed by atoms with E-state index >= 15 is 0 Å². The first-order valence-electron chi connectivity index (χ1n) is 7.02. The number of hydrogen-bond acceptors (Lipinski definition) is 0. The highest BCUT2D eigenvalue weighted by atomic mass is 35.5. The molecule has 0 spiro atoms.